The van der Waals surface area contributed by atoms with E-state index in [1.54, 1.807) is 6.92 Å². The van der Waals surface area contributed by atoms with E-state index in [0.29, 0.717) is 19.3 Å². The summed E-state index contributed by atoms with van der Waals surface area (Å²) >= 11 is 0. The van der Waals surface area contributed by atoms with Gasteiger partial charge in [0, 0.05) is 12.6 Å². The number of fused-ring (bicyclic) bond motifs is 1. The largest absolute Gasteiger partial charge is 0.390 e. The molecule has 0 spiro atoms. The number of ether oxygens (including phenoxy) is 2. The molecular weight excluding hydrogens is 462 g/mol. The number of rotatable bonds is 7. The van der Waals surface area contributed by atoms with Crippen molar-refractivity contribution >= 4 is 21.8 Å². The third kappa shape index (κ3) is 7.13. The fourth-order valence-corrected chi connectivity index (χ4v) is 6.32. The highest BCUT2D eigenvalue weighted by Crippen LogP contribution is 2.28. The lowest BCUT2D eigenvalue weighted by atomic mass is 9.93. The Morgan fingerprint density at radius 2 is 1.79 bits per heavy atom. The van der Waals surface area contributed by atoms with Gasteiger partial charge in [0.25, 0.3) is 5.91 Å². The Bertz CT molecular complexity index is 821. The van der Waals surface area contributed by atoms with Crippen LogP contribution >= 0.6 is 0 Å². The summed E-state index contributed by atoms with van der Waals surface area (Å²) in [7, 11) is -3.47. The zero-order chi connectivity index (χ0) is 25.0. The van der Waals surface area contributed by atoms with E-state index in [2.05, 4.69) is 10.6 Å². The Labute approximate surface area is 203 Å². The number of aliphatic hydroxyl groups excluding tert-OH is 1. The van der Waals surface area contributed by atoms with Crippen molar-refractivity contribution in [1.29, 1.82) is 0 Å². The van der Waals surface area contributed by atoms with Gasteiger partial charge < -0.3 is 25.2 Å². The summed E-state index contributed by atoms with van der Waals surface area (Å²) in [6.45, 7) is 5.81. The lowest BCUT2D eigenvalue weighted by molar-refractivity contribution is -0.196. The van der Waals surface area contributed by atoms with Gasteiger partial charge in [0.2, 0.25) is 15.9 Å². The van der Waals surface area contributed by atoms with Crippen molar-refractivity contribution in [2.24, 2.45) is 5.92 Å². The molecule has 3 N–H and O–H groups in total. The molecular formula is C23H41N3O7S. The third-order valence-corrected chi connectivity index (χ3v) is 8.41. The monoisotopic (exact) mass is 503 g/mol. The fourth-order valence-electron chi connectivity index (χ4n) is 5.14. The number of amides is 2. The minimum atomic E-state index is -3.47. The summed E-state index contributed by atoms with van der Waals surface area (Å²) in [6, 6.07) is -1.67. The molecule has 10 nitrogen and oxygen atoms in total. The maximum atomic E-state index is 13.2. The van der Waals surface area contributed by atoms with Gasteiger partial charge >= 0.3 is 0 Å². The van der Waals surface area contributed by atoms with Crippen LogP contribution in [0.4, 0.5) is 0 Å². The number of carbonyl (C=O) groups excluding carboxylic acids is 2. The minimum Gasteiger partial charge on any atom is -0.390 e. The molecule has 3 aliphatic rings. The molecule has 7 atom stereocenters. The number of sulfonamides is 1. The SMILES string of the molecule is CC(C)C[C@H](NC(=O)[C@H]1CO[C@@H]2CCCC[C@H]2O1)C(=O)N[C@H]1CC[C@@H](C)N(S(C)(=O)=O)C[C@@H]1O. The average molecular weight is 504 g/mol. The summed E-state index contributed by atoms with van der Waals surface area (Å²) in [5, 5.41) is 16.4. The highest BCUT2D eigenvalue weighted by atomic mass is 32.2. The van der Waals surface area contributed by atoms with Crippen molar-refractivity contribution in [2.45, 2.75) is 108 Å². The van der Waals surface area contributed by atoms with E-state index in [1.165, 1.54) is 4.31 Å². The molecule has 1 aliphatic carbocycles. The van der Waals surface area contributed by atoms with Crippen LogP contribution in [-0.2, 0) is 29.1 Å². The standard InChI is InChI=1S/C23H41N3O7S/c1-14(2)11-17(25-23(29)21-13-32-19-7-5-6-8-20(19)33-21)22(28)24-16-10-9-15(3)26(12-18(16)27)34(4,30)31/h14-21,27H,5-13H2,1-4H3,(H,24,28)(H,25,29)/t15-,16+,17+,18+,19-,20-,21-/m1/s1. The number of hydrogen-bond donors (Lipinski definition) is 3. The second-order valence-electron chi connectivity index (χ2n) is 10.5. The first-order chi connectivity index (χ1) is 16.0. The van der Waals surface area contributed by atoms with E-state index in [1.807, 2.05) is 13.8 Å². The van der Waals surface area contributed by atoms with Crippen LogP contribution in [0.15, 0.2) is 0 Å². The zero-order valence-electron chi connectivity index (χ0n) is 20.7. The molecule has 2 aliphatic heterocycles. The summed E-state index contributed by atoms with van der Waals surface area (Å²) in [4.78, 5) is 26.1. The lowest BCUT2D eigenvalue weighted by Crippen LogP contribution is -2.57. The molecule has 3 fully saturated rings. The van der Waals surface area contributed by atoms with Crippen LogP contribution in [0.1, 0.15) is 65.7 Å². The Morgan fingerprint density at radius 1 is 1.12 bits per heavy atom. The topological polar surface area (TPSA) is 134 Å². The van der Waals surface area contributed by atoms with Crippen molar-refractivity contribution in [2.75, 3.05) is 19.4 Å². The molecule has 0 aromatic heterocycles. The van der Waals surface area contributed by atoms with Crippen molar-refractivity contribution in [3.8, 4) is 0 Å². The van der Waals surface area contributed by atoms with Gasteiger partial charge in [0.15, 0.2) is 6.10 Å². The summed E-state index contributed by atoms with van der Waals surface area (Å²) in [5.41, 5.74) is 0. The Balaban J connectivity index is 1.62. The number of β-amino-alcohol motifs (C(OH)–C–C–N with tert-alkyl or cyclic N) is 1. The van der Waals surface area contributed by atoms with Gasteiger partial charge in [-0.05, 0) is 44.9 Å². The van der Waals surface area contributed by atoms with Gasteiger partial charge in [-0.15, -0.1) is 0 Å². The molecule has 34 heavy (non-hydrogen) atoms. The molecule has 196 valence electrons. The van der Waals surface area contributed by atoms with Crippen LogP contribution in [-0.4, -0.2) is 91.6 Å². The Hall–Kier alpha value is -1.27. The van der Waals surface area contributed by atoms with Gasteiger partial charge in [-0.1, -0.05) is 26.7 Å². The molecule has 1 saturated carbocycles. The minimum absolute atomic E-state index is 0.0400. The highest BCUT2D eigenvalue weighted by molar-refractivity contribution is 7.88. The molecule has 2 amide bonds. The third-order valence-electron chi connectivity index (χ3n) is 7.05. The molecule has 11 heteroatoms. The predicted molar refractivity (Wildman–Crippen MR) is 126 cm³/mol. The van der Waals surface area contributed by atoms with E-state index >= 15 is 0 Å². The van der Waals surface area contributed by atoms with Crippen LogP contribution in [0.2, 0.25) is 0 Å². The average Bonchev–Trinajstić information content (AvgIpc) is 2.91. The van der Waals surface area contributed by atoms with E-state index in [0.717, 1.165) is 31.9 Å². The first-order valence-electron chi connectivity index (χ1n) is 12.5. The predicted octanol–water partition coefficient (Wildman–Crippen LogP) is 0.534. The van der Waals surface area contributed by atoms with E-state index < -0.39 is 34.3 Å². The van der Waals surface area contributed by atoms with Crippen molar-refractivity contribution < 1.29 is 32.6 Å². The van der Waals surface area contributed by atoms with Crippen LogP contribution in [0, 0.1) is 5.92 Å². The van der Waals surface area contributed by atoms with E-state index in [9.17, 15) is 23.1 Å². The summed E-state index contributed by atoms with van der Waals surface area (Å²) in [6.07, 6.45) is 4.60. The van der Waals surface area contributed by atoms with Gasteiger partial charge in [-0.2, -0.15) is 4.31 Å². The van der Waals surface area contributed by atoms with Crippen molar-refractivity contribution in [3.05, 3.63) is 0 Å². The molecule has 0 aromatic rings. The lowest BCUT2D eigenvalue weighted by Gasteiger charge is -2.39. The smallest absolute Gasteiger partial charge is 0.252 e. The maximum Gasteiger partial charge on any atom is 0.252 e. The highest BCUT2D eigenvalue weighted by Gasteiger charge is 2.39. The van der Waals surface area contributed by atoms with Crippen LogP contribution in [0.5, 0.6) is 0 Å². The van der Waals surface area contributed by atoms with Crippen LogP contribution < -0.4 is 10.6 Å². The van der Waals surface area contributed by atoms with Gasteiger partial charge in [-0.3, -0.25) is 9.59 Å². The molecule has 0 aromatic carbocycles. The number of hydrogen-bond acceptors (Lipinski definition) is 7. The molecule has 0 radical (unpaired) electrons. The molecule has 0 bridgehead atoms. The normalized spacial score (nSPS) is 34.1. The second kappa shape index (κ2) is 11.6. The zero-order valence-corrected chi connectivity index (χ0v) is 21.6. The van der Waals surface area contributed by atoms with Gasteiger partial charge in [0.05, 0.1) is 37.2 Å². The number of carbonyl (C=O) groups is 2. The Morgan fingerprint density at radius 3 is 2.44 bits per heavy atom. The number of nitrogens with one attached hydrogen (secondary N) is 2. The maximum absolute atomic E-state index is 13.2. The molecule has 0 unspecified atom stereocenters. The number of nitrogens with zero attached hydrogens (tertiary/aromatic N) is 1. The van der Waals surface area contributed by atoms with Crippen LogP contribution in [0.25, 0.3) is 0 Å². The fraction of sp³-hybridized carbons (Fsp3) is 0.913. The quantitative estimate of drug-likeness (QED) is 0.461. The van der Waals surface area contributed by atoms with Gasteiger partial charge in [0.1, 0.15) is 6.04 Å². The first kappa shape index (κ1) is 27.3. The first-order valence-corrected chi connectivity index (χ1v) is 14.3. The number of aliphatic hydroxyl groups is 1. The molecule has 2 saturated heterocycles. The van der Waals surface area contributed by atoms with Crippen molar-refractivity contribution in [3.63, 3.8) is 0 Å². The molecule has 2 heterocycles. The summed E-state index contributed by atoms with van der Waals surface area (Å²) in [5.74, 6) is -0.621. The molecule has 3 rings (SSSR count). The summed E-state index contributed by atoms with van der Waals surface area (Å²) < 4.78 is 37.3. The second-order valence-corrected chi connectivity index (χ2v) is 12.4. The van der Waals surface area contributed by atoms with E-state index in [-0.39, 0.29) is 49.1 Å². The van der Waals surface area contributed by atoms with E-state index in [4.69, 9.17) is 9.47 Å². The van der Waals surface area contributed by atoms with Gasteiger partial charge in [-0.25, -0.2) is 8.42 Å². The van der Waals surface area contributed by atoms with Crippen LogP contribution in [0.3, 0.4) is 0 Å². The Kier molecular flexibility index (Phi) is 9.36. The van der Waals surface area contributed by atoms with Crippen molar-refractivity contribution in [1.82, 2.24) is 14.9 Å².